The van der Waals surface area contributed by atoms with E-state index in [9.17, 15) is 9.59 Å². The van der Waals surface area contributed by atoms with Gasteiger partial charge in [0, 0.05) is 6.20 Å². The van der Waals surface area contributed by atoms with E-state index in [1.54, 1.807) is 26.1 Å². The standard InChI is InChI=1S/C12H16N2O4S2/c1-3-17-10(15)7-19-9-5-6-13-12(14-9)20-8-11(16)18-4-2/h5-6H,3-4,7-8H2,1-2H3. The van der Waals surface area contributed by atoms with Crippen LogP contribution in [0.25, 0.3) is 0 Å². The highest BCUT2D eigenvalue weighted by molar-refractivity contribution is 8.00. The van der Waals surface area contributed by atoms with E-state index in [1.165, 1.54) is 23.5 Å². The largest absolute Gasteiger partial charge is 0.465 e. The number of aromatic nitrogens is 2. The van der Waals surface area contributed by atoms with Gasteiger partial charge in [-0.3, -0.25) is 9.59 Å². The van der Waals surface area contributed by atoms with Gasteiger partial charge < -0.3 is 9.47 Å². The second-order valence-corrected chi connectivity index (χ2v) is 5.30. The molecule has 6 nitrogen and oxygen atoms in total. The lowest BCUT2D eigenvalue weighted by molar-refractivity contribution is -0.140. The van der Waals surface area contributed by atoms with Crippen molar-refractivity contribution in [2.45, 2.75) is 24.0 Å². The summed E-state index contributed by atoms with van der Waals surface area (Å²) < 4.78 is 9.65. The van der Waals surface area contributed by atoms with E-state index in [4.69, 9.17) is 9.47 Å². The van der Waals surface area contributed by atoms with E-state index in [2.05, 4.69) is 9.97 Å². The van der Waals surface area contributed by atoms with Crippen LogP contribution in [0.3, 0.4) is 0 Å². The monoisotopic (exact) mass is 316 g/mol. The van der Waals surface area contributed by atoms with E-state index in [-0.39, 0.29) is 23.4 Å². The molecule has 0 saturated heterocycles. The Bertz CT molecular complexity index is 420. The highest BCUT2D eigenvalue weighted by atomic mass is 32.2. The molecule has 0 aliphatic carbocycles. The molecule has 1 rings (SSSR count). The summed E-state index contributed by atoms with van der Waals surface area (Å²) in [6, 6.07) is 1.71. The molecule has 110 valence electrons. The van der Waals surface area contributed by atoms with Crippen molar-refractivity contribution in [1.29, 1.82) is 0 Å². The van der Waals surface area contributed by atoms with Crippen LogP contribution in [0.2, 0.25) is 0 Å². The van der Waals surface area contributed by atoms with Crippen molar-refractivity contribution in [1.82, 2.24) is 9.97 Å². The van der Waals surface area contributed by atoms with Crippen LogP contribution in [0, 0.1) is 0 Å². The van der Waals surface area contributed by atoms with E-state index < -0.39 is 0 Å². The molecule has 1 aromatic heterocycles. The van der Waals surface area contributed by atoms with Gasteiger partial charge in [0.05, 0.1) is 24.7 Å². The number of nitrogens with zero attached hydrogens (tertiary/aromatic N) is 2. The van der Waals surface area contributed by atoms with Crippen molar-refractivity contribution in [2.75, 3.05) is 24.7 Å². The molecule has 0 aromatic carbocycles. The number of hydrogen-bond acceptors (Lipinski definition) is 8. The molecule has 0 saturated carbocycles. The van der Waals surface area contributed by atoms with Crippen LogP contribution >= 0.6 is 23.5 Å². The molecule has 1 heterocycles. The van der Waals surface area contributed by atoms with Crippen molar-refractivity contribution >= 4 is 35.5 Å². The second-order valence-electron chi connectivity index (χ2n) is 3.36. The van der Waals surface area contributed by atoms with E-state index >= 15 is 0 Å². The molecule has 0 aliphatic rings. The highest BCUT2D eigenvalue weighted by Crippen LogP contribution is 2.19. The Kier molecular flexibility index (Phi) is 8.05. The molecule has 0 bridgehead atoms. The Balaban J connectivity index is 2.45. The first-order valence-electron chi connectivity index (χ1n) is 6.05. The molecule has 0 unspecified atom stereocenters. The Morgan fingerprint density at radius 3 is 2.30 bits per heavy atom. The number of esters is 2. The molecule has 20 heavy (non-hydrogen) atoms. The second kappa shape index (κ2) is 9.60. The molecule has 8 heteroatoms. The molecular formula is C12H16N2O4S2. The van der Waals surface area contributed by atoms with Gasteiger partial charge in [-0.15, -0.1) is 0 Å². The maximum atomic E-state index is 11.2. The Labute approximate surface area is 126 Å². The van der Waals surface area contributed by atoms with Crippen molar-refractivity contribution < 1.29 is 19.1 Å². The normalized spacial score (nSPS) is 10.1. The number of hydrogen-bond donors (Lipinski definition) is 0. The van der Waals surface area contributed by atoms with Crippen LogP contribution in [-0.2, 0) is 19.1 Å². The van der Waals surface area contributed by atoms with Gasteiger partial charge in [0.1, 0.15) is 5.03 Å². The lowest BCUT2D eigenvalue weighted by Crippen LogP contribution is -2.07. The van der Waals surface area contributed by atoms with Crippen LogP contribution in [0.1, 0.15) is 13.8 Å². The van der Waals surface area contributed by atoms with Crippen molar-refractivity contribution in [3.63, 3.8) is 0 Å². The van der Waals surface area contributed by atoms with Gasteiger partial charge in [0.15, 0.2) is 5.16 Å². The summed E-state index contributed by atoms with van der Waals surface area (Å²) in [6.07, 6.45) is 1.59. The Morgan fingerprint density at radius 1 is 1.10 bits per heavy atom. The molecule has 0 radical (unpaired) electrons. The third kappa shape index (κ3) is 6.76. The van der Waals surface area contributed by atoms with Crippen LogP contribution in [0.4, 0.5) is 0 Å². The lowest BCUT2D eigenvalue weighted by Gasteiger charge is -2.03. The fourth-order valence-corrected chi connectivity index (χ4v) is 2.48. The van der Waals surface area contributed by atoms with E-state index in [1.807, 2.05) is 0 Å². The number of rotatable bonds is 8. The van der Waals surface area contributed by atoms with Gasteiger partial charge in [0.2, 0.25) is 0 Å². The predicted molar refractivity (Wildman–Crippen MR) is 76.7 cm³/mol. The van der Waals surface area contributed by atoms with Crippen molar-refractivity contribution in [2.24, 2.45) is 0 Å². The van der Waals surface area contributed by atoms with Gasteiger partial charge in [-0.2, -0.15) is 0 Å². The van der Waals surface area contributed by atoms with Crippen molar-refractivity contribution in [3.05, 3.63) is 12.3 Å². The molecule has 0 N–H and O–H groups in total. The number of thioether (sulfide) groups is 2. The molecule has 0 amide bonds. The van der Waals surface area contributed by atoms with E-state index in [0.29, 0.717) is 23.4 Å². The Morgan fingerprint density at radius 2 is 1.70 bits per heavy atom. The fourth-order valence-electron chi connectivity index (χ4n) is 1.14. The molecule has 0 atom stereocenters. The molecule has 1 aromatic rings. The summed E-state index contributed by atoms with van der Waals surface area (Å²) >= 11 is 2.47. The first-order chi connectivity index (χ1) is 9.65. The quantitative estimate of drug-likeness (QED) is 0.311. The highest BCUT2D eigenvalue weighted by Gasteiger charge is 2.08. The molecule has 0 spiro atoms. The minimum absolute atomic E-state index is 0.167. The van der Waals surface area contributed by atoms with Gasteiger partial charge in [-0.1, -0.05) is 23.5 Å². The SMILES string of the molecule is CCOC(=O)CSc1ccnc(SCC(=O)OCC)n1. The number of carbonyl (C=O) groups excluding carboxylic acids is 2. The zero-order valence-corrected chi connectivity index (χ0v) is 13.0. The van der Waals surface area contributed by atoms with Crippen molar-refractivity contribution in [3.8, 4) is 0 Å². The van der Waals surface area contributed by atoms with Crippen LogP contribution in [-0.4, -0.2) is 46.6 Å². The molecule has 0 aliphatic heterocycles. The first kappa shape index (κ1) is 16.8. The summed E-state index contributed by atoms with van der Waals surface area (Å²) in [5.74, 6) is -0.213. The van der Waals surface area contributed by atoms with Crippen LogP contribution in [0.5, 0.6) is 0 Å². The van der Waals surface area contributed by atoms with Crippen LogP contribution < -0.4 is 0 Å². The minimum Gasteiger partial charge on any atom is -0.465 e. The lowest BCUT2D eigenvalue weighted by atomic mass is 10.7. The summed E-state index contributed by atoms with van der Waals surface area (Å²) in [5, 5.41) is 1.14. The topological polar surface area (TPSA) is 78.4 Å². The maximum Gasteiger partial charge on any atom is 0.316 e. The third-order valence-electron chi connectivity index (χ3n) is 1.88. The summed E-state index contributed by atoms with van der Waals surface area (Å²) in [5.41, 5.74) is 0. The summed E-state index contributed by atoms with van der Waals surface area (Å²) in [4.78, 5) is 30.7. The number of ether oxygens (including phenoxy) is 2. The summed E-state index contributed by atoms with van der Waals surface area (Å²) in [6.45, 7) is 4.24. The first-order valence-corrected chi connectivity index (χ1v) is 8.02. The average molecular weight is 316 g/mol. The molecule has 0 fully saturated rings. The van der Waals surface area contributed by atoms with Gasteiger partial charge in [-0.05, 0) is 19.9 Å². The fraction of sp³-hybridized carbons (Fsp3) is 0.500. The van der Waals surface area contributed by atoms with Gasteiger partial charge in [0.25, 0.3) is 0 Å². The average Bonchev–Trinajstić information content (AvgIpc) is 2.44. The van der Waals surface area contributed by atoms with Gasteiger partial charge >= 0.3 is 11.9 Å². The smallest absolute Gasteiger partial charge is 0.316 e. The zero-order chi connectivity index (χ0) is 14.8. The third-order valence-corrected chi connectivity index (χ3v) is 3.61. The van der Waals surface area contributed by atoms with Gasteiger partial charge in [-0.25, -0.2) is 9.97 Å². The summed E-state index contributed by atoms with van der Waals surface area (Å²) in [7, 11) is 0. The maximum absolute atomic E-state index is 11.2. The number of carbonyl (C=O) groups is 2. The Hall–Kier alpha value is -1.28. The predicted octanol–water partition coefficient (Wildman–Crippen LogP) is 1.79. The van der Waals surface area contributed by atoms with Crippen LogP contribution in [0.15, 0.2) is 22.4 Å². The van der Waals surface area contributed by atoms with E-state index in [0.717, 1.165) is 0 Å². The molecular weight excluding hydrogens is 300 g/mol. The zero-order valence-electron chi connectivity index (χ0n) is 11.3. The minimum atomic E-state index is -0.300.